The highest BCUT2D eigenvalue weighted by Crippen LogP contribution is 2.15. The molecule has 0 radical (unpaired) electrons. The third-order valence-electron chi connectivity index (χ3n) is 3.45. The smallest absolute Gasteiger partial charge is 0.257 e. The van der Waals surface area contributed by atoms with Crippen LogP contribution in [0.3, 0.4) is 0 Å². The second-order valence-corrected chi connectivity index (χ2v) is 4.92. The average Bonchev–Trinajstić information content (AvgIpc) is 3.08. The molecule has 0 unspecified atom stereocenters. The molecule has 21 heavy (non-hydrogen) atoms. The Kier molecular flexibility index (Phi) is 4.25. The van der Waals surface area contributed by atoms with Crippen LogP contribution < -0.4 is 10.6 Å². The van der Waals surface area contributed by atoms with Crippen molar-refractivity contribution >= 4 is 11.9 Å². The first kappa shape index (κ1) is 13.7. The number of hydrogen-bond donors (Lipinski definition) is 2. The summed E-state index contributed by atoms with van der Waals surface area (Å²) in [4.78, 5) is 13.0. The van der Waals surface area contributed by atoms with Crippen molar-refractivity contribution in [2.24, 2.45) is 5.92 Å². The molecule has 112 valence electrons. The van der Waals surface area contributed by atoms with E-state index in [4.69, 9.17) is 4.74 Å². The van der Waals surface area contributed by atoms with E-state index in [2.05, 4.69) is 30.7 Å². The minimum absolute atomic E-state index is 0.494. The van der Waals surface area contributed by atoms with Crippen LogP contribution in [0, 0.1) is 5.92 Å². The Hall–Kier alpha value is -2.22. The molecule has 2 aromatic rings. The van der Waals surface area contributed by atoms with E-state index in [0.717, 1.165) is 32.6 Å². The summed E-state index contributed by atoms with van der Waals surface area (Å²) in [6.07, 6.45) is 5.64. The molecule has 3 heterocycles. The molecule has 0 aliphatic carbocycles. The quantitative estimate of drug-likeness (QED) is 0.846. The van der Waals surface area contributed by atoms with Crippen molar-refractivity contribution < 1.29 is 4.74 Å². The lowest BCUT2D eigenvalue weighted by Crippen LogP contribution is -2.23. The molecule has 8 nitrogen and oxygen atoms in total. The van der Waals surface area contributed by atoms with E-state index in [-0.39, 0.29) is 0 Å². The van der Waals surface area contributed by atoms with E-state index in [0.29, 0.717) is 23.8 Å². The number of nitrogens with one attached hydrogen (secondary N) is 2. The van der Waals surface area contributed by atoms with E-state index in [9.17, 15) is 0 Å². The molecule has 8 heteroatoms. The fourth-order valence-corrected chi connectivity index (χ4v) is 2.23. The normalized spacial score (nSPS) is 15.9. The van der Waals surface area contributed by atoms with Crippen molar-refractivity contribution in [2.75, 3.05) is 37.4 Å². The van der Waals surface area contributed by atoms with Crippen LogP contribution in [0.25, 0.3) is 5.95 Å². The van der Waals surface area contributed by atoms with Gasteiger partial charge in [0.25, 0.3) is 5.95 Å². The lowest BCUT2D eigenvalue weighted by atomic mass is 10.0. The lowest BCUT2D eigenvalue weighted by molar-refractivity contribution is 0.0699. The van der Waals surface area contributed by atoms with Crippen molar-refractivity contribution in [3.05, 3.63) is 18.5 Å². The molecule has 0 atom stereocenters. The number of aromatic nitrogens is 5. The number of nitrogens with zero attached hydrogens (tertiary/aromatic N) is 5. The summed E-state index contributed by atoms with van der Waals surface area (Å²) in [5.41, 5.74) is 0. The Morgan fingerprint density at radius 3 is 2.76 bits per heavy atom. The van der Waals surface area contributed by atoms with Gasteiger partial charge in [-0.25, -0.2) is 4.68 Å². The molecule has 0 bridgehead atoms. The maximum Gasteiger partial charge on any atom is 0.257 e. The third kappa shape index (κ3) is 3.46. The molecule has 1 saturated heterocycles. The van der Waals surface area contributed by atoms with Gasteiger partial charge in [-0.1, -0.05) is 0 Å². The van der Waals surface area contributed by atoms with Gasteiger partial charge in [-0.15, -0.1) is 0 Å². The Bertz CT molecular complexity index is 566. The second-order valence-electron chi connectivity index (χ2n) is 4.92. The van der Waals surface area contributed by atoms with Crippen LogP contribution in [0.2, 0.25) is 0 Å². The van der Waals surface area contributed by atoms with Gasteiger partial charge in [-0.05, 0) is 24.8 Å². The van der Waals surface area contributed by atoms with Gasteiger partial charge in [-0.2, -0.15) is 20.1 Å². The lowest BCUT2D eigenvalue weighted by Gasteiger charge is -2.22. The molecule has 0 aromatic carbocycles. The predicted octanol–water partition coefficient (Wildman–Crippen LogP) is 0.937. The van der Waals surface area contributed by atoms with Crippen molar-refractivity contribution in [1.29, 1.82) is 0 Å². The zero-order chi connectivity index (χ0) is 14.5. The summed E-state index contributed by atoms with van der Waals surface area (Å²) in [7, 11) is 1.78. The molecule has 0 amide bonds. The minimum Gasteiger partial charge on any atom is -0.381 e. The summed E-state index contributed by atoms with van der Waals surface area (Å²) in [5, 5.41) is 10.4. The maximum absolute atomic E-state index is 5.37. The predicted molar refractivity (Wildman–Crippen MR) is 78.5 cm³/mol. The first-order valence-corrected chi connectivity index (χ1v) is 7.10. The summed E-state index contributed by atoms with van der Waals surface area (Å²) in [6, 6.07) is 1.83. The highest BCUT2D eigenvalue weighted by molar-refractivity contribution is 5.37. The molecule has 1 fully saturated rings. The highest BCUT2D eigenvalue weighted by atomic mass is 16.5. The SMILES string of the molecule is CNc1nc(NCC2CCOCC2)nc(-n2cccn2)n1. The molecule has 2 aromatic heterocycles. The number of ether oxygens (including phenoxy) is 1. The van der Waals surface area contributed by atoms with Gasteiger partial charge in [0.05, 0.1) is 0 Å². The number of anilines is 2. The van der Waals surface area contributed by atoms with Crippen LogP contribution in [0.4, 0.5) is 11.9 Å². The van der Waals surface area contributed by atoms with Crippen molar-refractivity contribution in [3.8, 4) is 5.95 Å². The molecular formula is C13H19N7O. The first-order valence-electron chi connectivity index (χ1n) is 7.10. The van der Waals surface area contributed by atoms with E-state index >= 15 is 0 Å². The number of hydrogen-bond acceptors (Lipinski definition) is 7. The van der Waals surface area contributed by atoms with Crippen LogP contribution in [0.15, 0.2) is 18.5 Å². The van der Waals surface area contributed by atoms with Crippen molar-refractivity contribution in [1.82, 2.24) is 24.7 Å². The second kappa shape index (κ2) is 6.49. The zero-order valence-corrected chi connectivity index (χ0v) is 12.0. The van der Waals surface area contributed by atoms with Gasteiger partial charge in [0.2, 0.25) is 11.9 Å². The van der Waals surface area contributed by atoms with Gasteiger partial charge in [0, 0.05) is 39.2 Å². The fraction of sp³-hybridized carbons (Fsp3) is 0.538. The molecule has 3 rings (SSSR count). The zero-order valence-electron chi connectivity index (χ0n) is 12.0. The maximum atomic E-state index is 5.37. The van der Waals surface area contributed by atoms with Crippen LogP contribution in [-0.2, 0) is 4.74 Å². The molecule has 2 N–H and O–H groups in total. The molecule has 1 aliphatic rings. The van der Waals surface area contributed by atoms with Crippen LogP contribution in [0.5, 0.6) is 0 Å². The Morgan fingerprint density at radius 1 is 1.24 bits per heavy atom. The first-order chi connectivity index (χ1) is 10.3. The van der Waals surface area contributed by atoms with Crippen LogP contribution >= 0.6 is 0 Å². The topological polar surface area (TPSA) is 89.8 Å². The average molecular weight is 289 g/mol. The number of rotatable bonds is 5. The molecule has 1 aliphatic heterocycles. The van der Waals surface area contributed by atoms with E-state index < -0.39 is 0 Å². The van der Waals surface area contributed by atoms with Gasteiger partial charge in [-0.3, -0.25) is 0 Å². The summed E-state index contributed by atoms with van der Waals surface area (Å²) >= 11 is 0. The standard InChI is InChI=1S/C13H19N7O/c1-14-11-17-12(15-9-10-3-7-21-8-4-10)19-13(18-11)20-6-2-5-16-20/h2,5-6,10H,3-4,7-9H2,1H3,(H2,14,15,17,18,19). The molecule has 0 spiro atoms. The third-order valence-corrected chi connectivity index (χ3v) is 3.45. The van der Waals surface area contributed by atoms with E-state index in [1.165, 1.54) is 0 Å². The van der Waals surface area contributed by atoms with Gasteiger partial charge in [0.15, 0.2) is 0 Å². The van der Waals surface area contributed by atoms with Crippen LogP contribution in [0.1, 0.15) is 12.8 Å². The summed E-state index contributed by atoms with van der Waals surface area (Å²) < 4.78 is 6.98. The van der Waals surface area contributed by atoms with Crippen molar-refractivity contribution in [3.63, 3.8) is 0 Å². The molecular weight excluding hydrogens is 270 g/mol. The van der Waals surface area contributed by atoms with Gasteiger partial charge < -0.3 is 15.4 Å². The monoisotopic (exact) mass is 289 g/mol. The van der Waals surface area contributed by atoms with Gasteiger partial charge in [0.1, 0.15) is 0 Å². The Labute approximate surface area is 123 Å². The largest absolute Gasteiger partial charge is 0.381 e. The summed E-state index contributed by atoms with van der Waals surface area (Å²) in [6.45, 7) is 2.52. The Morgan fingerprint density at radius 2 is 2.05 bits per heavy atom. The Balaban J connectivity index is 1.73. The van der Waals surface area contributed by atoms with Crippen LogP contribution in [-0.4, -0.2) is 51.5 Å². The van der Waals surface area contributed by atoms with Crippen molar-refractivity contribution in [2.45, 2.75) is 12.8 Å². The van der Waals surface area contributed by atoms with Gasteiger partial charge >= 0.3 is 0 Å². The highest BCUT2D eigenvalue weighted by Gasteiger charge is 2.14. The minimum atomic E-state index is 0.494. The molecule has 0 saturated carbocycles. The fourth-order valence-electron chi connectivity index (χ4n) is 2.23. The van der Waals surface area contributed by atoms with E-state index in [1.807, 2.05) is 6.07 Å². The summed E-state index contributed by atoms with van der Waals surface area (Å²) in [5.74, 6) is 2.17. The van der Waals surface area contributed by atoms with E-state index in [1.54, 1.807) is 24.1 Å².